The van der Waals surface area contributed by atoms with Gasteiger partial charge in [0, 0.05) is 26.2 Å². The third-order valence-corrected chi connectivity index (χ3v) is 6.37. The van der Waals surface area contributed by atoms with Gasteiger partial charge in [-0.15, -0.1) is 0 Å². The van der Waals surface area contributed by atoms with Crippen molar-refractivity contribution in [1.82, 2.24) is 10.6 Å². The number of hydrogen-bond donors (Lipinski definition) is 2. The first-order chi connectivity index (χ1) is 12.3. The second kappa shape index (κ2) is 9.70. The van der Waals surface area contributed by atoms with Crippen LogP contribution in [0.2, 0.25) is 0 Å². The normalized spacial score (nSPS) is 33.7. The Balaban J connectivity index is 1.23. The summed E-state index contributed by atoms with van der Waals surface area (Å²) in [4.78, 5) is 0. The molecule has 3 nitrogen and oxygen atoms in total. The van der Waals surface area contributed by atoms with Crippen LogP contribution >= 0.6 is 0 Å². The molecule has 2 N–H and O–H groups in total. The molecule has 0 aromatic carbocycles. The van der Waals surface area contributed by atoms with Crippen molar-refractivity contribution in [2.75, 3.05) is 33.4 Å². The number of ether oxygens (including phenoxy) is 1. The molecule has 4 bridgehead atoms. The van der Waals surface area contributed by atoms with Crippen molar-refractivity contribution < 1.29 is 4.74 Å². The fourth-order valence-electron chi connectivity index (χ4n) is 5.46. The Morgan fingerprint density at radius 3 is 2.40 bits per heavy atom. The quantitative estimate of drug-likeness (QED) is 0.443. The van der Waals surface area contributed by atoms with Gasteiger partial charge in [0.15, 0.2) is 0 Å². The Bertz CT molecular complexity index is 454. The average Bonchev–Trinajstić information content (AvgIpc) is 2.59. The van der Waals surface area contributed by atoms with Gasteiger partial charge in [-0.1, -0.05) is 36.5 Å². The van der Waals surface area contributed by atoms with E-state index in [1.54, 1.807) is 13.5 Å². The summed E-state index contributed by atoms with van der Waals surface area (Å²) < 4.78 is 4.97. The lowest BCUT2D eigenvalue weighted by atomic mass is 9.54. The lowest BCUT2D eigenvalue weighted by molar-refractivity contribution is -0.0133. The summed E-state index contributed by atoms with van der Waals surface area (Å²) in [6, 6.07) is 0.811. The maximum absolute atomic E-state index is 4.97. The molecular formula is C22H36N2O. The molecule has 0 saturated heterocycles. The minimum absolute atomic E-state index is 0.662. The molecule has 4 saturated carbocycles. The van der Waals surface area contributed by atoms with Gasteiger partial charge in [0.25, 0.3) is 0 Å². The summed E-state index contributed by atoms with van der Waals surface area (Å²) >= 11 is 0. The molecule has 4 rings (SSSR count). The van der Waals surface area contributed by atoms with Gasteiger partial charge in [0.1, 0.15) is 0 Å². The predicted molar refractivity (Wildman–Crippen MR) is 106 cm³/mol. The molecule has 0 atom stereocenters. The second-order valence-corrected chi connectivity index (χ2v) is 8.31. The maximum Gasteiger partial charge on any atom is 0.0646 e. The molecule has 0 amide bonds. The minimum atomic E-state index is 0.662. The van der Waals surface area contributed by atoms with E-state index in [1.165, 1.54) is 31.3 Å². The molecule has 4 aliphatic carbocycles. The third-order valence-electron chi connectivity index (χ3n) is 6.37. The van der Waals surface area contributed by atoms with E-state index in [-0.39, 0.29) is 0 Å². The molecule has 4 aliphatic rings. The van der Waals surface area contributed by atoms with Crippen LogP contribution in [0.3, 0.4) is 0 Å². The van der Waals surface area contributed by atoms with Gasteiger partial charge in [-0.3, -0.25) is 0 Å². The van der Waals surface area contributed by atoms with Crippen molar-refractivity contribution in [3.8, 4) is 0 Å². The molecule has 0 aromatic rings. The van der Waals surface area contributed by atoms with E-state index < -0.39 is 0 Å². The van der Waals surface area contributed by atoms with Gasteiger partial charge < -0.3 is 15.4 Å². The smallest absolute Gasteiger partial charge is 0.0646 e. The van der Waals surface area contributed by atoms with Crippen LogP contribution in [-0.4, -0.2) is 39.4 Å². The van der Waals surface area contributed by atoms with Crippen molar-refractivity contribution >= 4 is 0 Å². The lowest BCUT2D eigenvalue weighted by Gasteiger charge is -2.54. The summed E-state index contributed by atoms with van der Waals surface area (Å²) in [5.41, 5.74) is 1.17. The summed E-state index contributed by atoms with van der Waals surface area (Å²) in [6.07, 6.45) is 16.7. The monoisotopic (exact) mass is 344 g/mol. The Kier molecular flexibility index (Phi) is 7.33. The highest BCUT2D eigenvalue weighted by molar-refractivity contribution is 5.19. The zero-order chi connectivity index (χ0) is 17.5. The molecule has 4 fully saturated rings. The molecule has 0 radical (unpaired) electrons. The van der Waals surface area contributed by atoms with E-state index in [9.17, 15) is 0 Å². The molecule has 25 heavy (non-hydrogen) atoms. The van der Waals surface area contributed by atoms with E-state index in [1.807, 2.05) is 18.2 Å². The fraction of sp³-hybridized carbons (Fsp3) is 0.727. The van der Waals surface area contributed by atoms with Crippen LogP contribution in [-0.2, 0) is 4.74 Å². The number of rotatable bonds is 11. The molecule has 0 heterocycles. The highest BCUT2D eigenvalue weighted by atomic mass is 16.5. The third kappa shape index (κ3) is 5.54. The first-order valence-corrected chi connectivity index (χ1v) is 10.2. The highest BCUT2D eigenvalue weighted by Crippen LogP contribution is 2.53. The summed E-state index contributed by atoms with van der Waals surface area (Å²) in [5.74, 6) is 4.10. The van der Waals surface area contributed by atoms with Crippen LogP contribution in [0.1, 0.15) is 38.5 Å². The molecule has 0 aromatic heterocycles. The van der Waals surface area contributed by atoms with Gasteiger partial charge >= 0.3 is 0 Å². The van der Waals surface area contributed by atoms with Crippen LogP contribution in [0, 0.1) is 23.7 Å². The molecule has 3 heteroatoms. The predicted octanol–water partition coefficient (Wildman–Crippen LogP) is 3.70. The first kappa shape index (κ1) is 18.9. The maximum atomic E-state index is 4.97. The Morgan fingerprint density at radius 1 is 1.00 bits per heavy atom. The molecule has 0 aliphatic heterocycles. The van der Waals surface area contributed by atoms with Gasteiger partial charge in [0.2, 0.25) is 0 Å². The van der Waals surface area contributed by atoms with Crippen LogP contribution in [0.25, 0.3) is 0 Å². The molecule has 0 unspecified atom stereocenters. The number of methoxy groups -OCH3 is 1. The van der Waals surface area contributed by atoms with Gasteiger partial charge in [-0.05, 0) is 68.7 Å². The van der Waals surface area contributed by atoms with E-state index >= 15 is 0 Å². The SMILES string of the molecule is C=C(/C=C\C=C/COC)CCNCCNC1C2CC3CC(C2)CC1C3. The van der Waals surface area contributed by atoms with Gasteiger partial charge in [0.05, 0.1) is 6.61 Å². The lowest BCUT2D eigenvalue weighted by Crippen LogP contribution is -2.55. The topological polar surface area (TPSA) is 33.3 Å². The van der Waals surface area contributed by atoms with Crippen molar-refractivity contribution in [2.45, 2.75) is 44.6 Å². The first-order valence-electron chi connectivity index (χ1n) is 10.2. The zero-order valence-electron chi connectivity index (χ0n) is 15.9. The van der Waals surface area contributed by atoms with Crippen LogP contribution in [0.5, 0.6) is 0 Å². The van der Waals surface area contributed by atoms with Gasteiger partial charge in [-0.2, -0.15) is 0 Å². The van der Waals surface area contributed by atoms with Crippen molar-refractivity contribution in [3.05, 3.63) is 36.5 Å². The van der Waals surface area contributed by atoms with E-state index in [0.29, 0.717) is 6.61 Å². The molecule has 140 valence electrons. The summed E-state index contributed by atoms with van der Waals surface area (Å²) in [6.45, 7) is 7.95. The van der Waals surface area contributed by atoms with Crippen LogP contribution in [0.15, 0.2) is 36.5 Å². The number of allylic oxidation sites excluding steroid dienone is 3. The van der Waals surface area contributed by atoms with Gasteiger partial charge in [-0.25, -0.2) is 0 Å². The van der Waals surface area contributed by atoms with Crippen LogP contribution < -0.4 is 10.6 Å². The zero-order valence-corrected chi connectivity index (χ0v) is 15.9. The fourth-order valence-corrected chi connectivity index (χ4v) is 5.46. The highest BCUT2D eigenvalue weighted by Gasteiger charge is 2.47. The standard InChI is InChI=1S/C22H36N2O/c1-17(6-4-3-5-11-25-2)7-8-23-9-10-24-22-20-13-18-12-19(15-20)16-21(22)14-18/h3-6,18-24H,1,7-16H2,2H3/b5-3-,6-4-. The largest absolute Gasteiger partial charge is 0.381 e. The van der Waals surface area contributed by atoms with E-state index in [4.69, 9.17) is 4.74 Å². The van der Waals surface area contributed by atoms with E-state index in [2.05, 4.69) is 23.3 Å². The molecular weight excluding hydrogens is 308 g/mol. The number of nitrogens with one attached hydrogen (secondary N) is 2. The Labute approximate surface area is 154 Å². The van der Waals surface area contributed by atoms with Crippen LogP contribution in [0.4, 0.5) is 0 Å². The number of hydrogen-bond acceptors (Lipinski definition) is 3. The average molecular weight is 345 g/mol. The van der Waals surface area contributed by atoms with Crippen molar-refractivity contribution in [2.24, 2.45) is 23.7 Å². The molecule has 0 spiro atoms. The minimum Gasteiger partial charge on any atom is -0.381 e. The summed E-state index contributed by atoms with van der Waals surface area (Å²) in [5, 5.41) is 7.44. The Morgan fingerprint density at radius 2 is 1.72 bits per heavy atom. The Hall–Kier alpha value is -0.900. The van der Waals surface area contributed by atoms with E-state index in [0.717, 1.165) is 55.8 Å². The van der Waals surface area contributed by atoms with Crippen molar-refractivity contribution in [1.29, 1.82) is 0 Å². The van der Waals surface area contributed by atoms with Crippen molar-refractivity contribution in [3.63, 3.8) is 0 Å². The second-order valence-electron chi connectivity index (χ2n) is 8.31. The summed E-state index contributed by atoms with van der Waals surface area (Å²) in [7, 11) is 1.70.